The molecule has 126 valence electrons. The second-order valence-electron chi connectivity index (χ2n) is 5.16. The summed E-state index contributed by atoms with van der Waals surface area (Å²) >= 11 is 0. The van der Waals surface area contributed by atoms with Crippen LogP contribution in [0.1, 0.15) is 32.4 Å². The zero-order valence-corrected chi connectivity index (χ0v) is 13.2. The molecule has 1 aromatic carbocycles. The molecule has 0 fully saturated rings. The van der Waals surface area contributed by atoms with Gasteiger partial charge in [-0.15, -0.1) is 0 Å². The van der Waals surface area contributed by atoms with Gasteiger partial charge in [0, 0.05) is 5.56 Å². The predicted octanol–water partition coefficient (Wildman–Crippen LogP) is 3.31. The Balaban J connectivity index is 1.72. The van der Waals surface area contributed by atoms with Gasteiger partial charge in [-0.3, -0.25) is 4.79 Å². The Morgan fingerprint density at radius 1 is 1.08 bits per heavy atom. The number of hydrogen-bond donors (Lipinski definition) is 2. The first kappa shape index (κ1) is 16.3. The average molecular weight is 338 g/mol. The zero-order chi connectivity index (χ0) is 17.8. The summed E-state index contributed by atoms with van der Waals surface area (Å²) < 4.78 is 10.7. The fraction of sp³-hybridized carbons (Fsp3) is 0.0556. The lowest BCUT2D eigenvalue weighted by atomic mass is 10.1. The normalized spacial score (nSPS) is 10.9. The largest absolute Gasteiger partial charge is 0.478 e. The monoisotopic (exact) mass is 338 g/mol. The third-order valence-corrected chi connectivity index (χ3v) is 3.37. The first-order valence-corrected chi connectivity index (χ1v) is 7.37. The molecule has 0 saturated heterocycles. The topological polar surface area (TPSA) is 105 Å². The summed E-state index contributed by atoms with van der Waals surface area (Å²) in [5, 5.41) is 13.0. The minimum absolute atomic E-state index is 0.141. The summed E-state index contributed by atoms with van der Waals surface area (Å²) in [7, 11) is 0. The van der Waals surface area contributed by atoms with Gasteiger partial charge in [-0.2, -0.15) is 5.10 Å². The van der Waals surface area contributed by atoms with E-state index in [-0.39, 0.29) is 11.3 Å². The molecule has 0 aliphatic heterocycles. The molecule has 7 nitrogen and oxygen atoms in total. The summed E-state index contributed by atoms with van der Waals surface area (Å²) in [6.07, 6.45) is 1.32. The Morgan fingerprint density at radius 2 is 1.88 bits per heavy atom. The highest BCUT2D eigenvalue weighted by molar-refractivity contribution is 5.95. The van der Waals surface area contributed by atoms with Gasteiger partial charge in [0.2, 0.25) is 0 Å². The number of nitrogens with zero attached hydrogens (tertiary/aromatic N) is 1. The number of aromatic carboxylic acids is 1. The highest BCUT2D eigenvalue weighted by Gasteiger charge is 2.13. The van der Waals surface area contributed by atoms with Gasteiger partial charge in [-0.1, -0.05) is 18.2 Å². The van der Waals surface area contributed by atoms with Crippen molar-refractivity contribution in [2.75, 3.05) is 0 Å². The van der Waals surface area contributed by atoms with E-state index in [0.717, 1.165) is 0 Å². The molecule has 0 saturated carbocycles. The molecule has 0 aliphatic rings. The SMILES string of the molecule is Cc1ccc(C(=O)N/N=C\c2ccc(-c3ccccc3C(=O)O)o2)o1. The van der Waals surface area contributed by atoms with Crippen molar-refractivity contribution in [2.24, 2.45) is 5.10 Å². The van der Waals surface area contributed by atoms with Crippen LogP contribution >= 0.6 is 0 Å². The molecule has 2 heterocycles. The number of carboxylic acids is 1. The maximum atomic E-state index is 11.8. The van der Waals surface area contributed by atoms with E-state index < -0.39 is 11.9 Å². The summed E-state index contributed by atoms with van der Waals surface area (Å²) in [5.74, 6) is 0.0289. The number of furan rings is 2. The van der Waals surface area contributed by atoms with Gasteiger partial charge in [0.05, 0.1) is 11.8 Å². The summed E-state index contributed by atoms with van der Waals surface area (Å²) in [6, 6.07) is 13.0. The van der Waals surface area contributed by atoms with Crippen LogP contribution in [0.2, 0.25) is 0 Å². The Kier molecular flexibility index (Phi) is 4.47. The average Bonchev–Trinajstić information content (AvgIpc) is 3.24. The highest BCUT2D eigenvalue weighted by Crippen LogP contribution is 2.25. The van der Waals surface area contributed by atoms with E-state index in [0.29, 0.717) is 22.8 Å². The highest BCUT2D eigenvalue weighted by atomic mass is 16.4. The molecule has 2 aromatic heterocycles. The summed E-state index contributed by atoms with van der Waals surface area (Å²) in [5.41, 5.74) is 2.93. The second kappa shape index (κ2) is 6.88. The van der Waals surface area contributed by atoms with Crippen LogP contribution < -0.4 is 5.43 Å². The van der Waals surface area contributed by atoms with Crippen molar-refractivity contribution in [1.29, 1.82) is 0 Å². The van der Waals surface area contributed by atoms with Gasteiger partial charge in [-0.05, 0) is 37.3 Å². The van der Waals surface area contributed by atoms with E-state index in [1.807, 2.05) is 0 Å². The molecule has 0 aliphatic carbocycles. The van der Waals surface area contributed by atoms with Gasteiger partial charge >= 0.3 is 11.9 Å². The molecule has 0 unspecified atom stereocenters. The number of hydrogen-bond acceptors (Lipinski definition) is 5. The van der Waals surface area contributed by atoms with Gasteiger partial charge in [0.25, 0.3) is 0 Å². The predicted molar refractivity (Wildman–Crippen MR) is 89.6 cm³/mol. The van der Waals surface area contributed by atoms with Gasteiger partial charge in [-0.25, -0.2) is 10.2 Å². The van der Waals surface area contributed by atoms with Crippen LogP contribution in [-0.2, 0) is 0 Å². The minimum atomic E-state index is -1.04. The van der Waals surface area contributed by atoms with Crippen LogP contribution in [0.25, 0.3) is 11.3 Å². The number of nitrogens with one attached hydrogen (secondary N) is 1. The number of benzene rings is 1. The van der Waals surface area contributed by atoms with E-state index in [4.69, 9.17) is 8.83 Å². The third kappa shape index (κ3) is 3.66. The van der Waals surface area contributed by atoms with Crippen LogP contribution in [0.4, 0.5) is 0 Å². The summed E-state index contributed by atoms with van der Waals surface area (Å²) in [6.45, 7) is 1.74. The number of amides is 1. The molecule has 7 heteroatoms. The number of carbonyl (C=O) groups excluding carboxylic acids is 1. The van der Waals surface area contributed by atoms with E-state index in [9.17, 15) is 14.7 Å². The Labute approximate surface area is 142 Å². The van der Waals surface area contributed by atoms with E-state index in [1.54, 1.807) is 49.4 Å². The first-order valence-electron chi connectivity index (χ1n) is 7.37. The molecule has 25 heavy (non-hydrogen) atoms. The lowest BCUT2D eigenvalue weighted by molar-refractivity contribution is 0.0697. The maximum absolute atomic E-state index is 11.8. The third-order valence-electron chi connectivity index (χ3n) is 3.37. The molecule has 3 rings (SSSR count). The Hall–Kier alpha value is -3.61. The Morgan fingerprint density at radius 3 is 2.60 bits per heavy atom. The van der Waals surface area contributed by atoms with Crippen LogP contribution in [0.5, 0.6) is 0 Å². The Bertz CT molecular complexity index is 952. The first-order chi connectivity index (χ1) is 12.0. The smallest absolute Gasteiger partial charge is 0.336 e. The van der Waals surface area contributed by atoms with Crippen molar-refractivity contribution in [2.45, 2.75) is 6.92 Å². The molecule has 0 spiro atoms. The quantitative estimate of drug-likeness (QED) is 0.548. The standard InChI is InChI=1S/C18H14N2O5/c1-11-6-8-16(24-11)17(21)20-19-10-12-7-9-15(25-12)13-4-2-3-5-14(13)18(22)23/h2-10H,1H3,(H,20,21)(H,22,23)/b19-10-. The molecule has 3 aromatic rings. The maximum Gasteiger partial charge on any atom is 0.336 e. The number of carbonyl (C=O) groups is 2. The molecular weight excluding hydrogens is 324 g/mol. The molecule has 0 radical (unpaired) electrons. The molecular formula is C18H14N2O5. The molecule has 0 bridgehead atoms. The van der Waals surface area contributed by atoms with Crippen molar-refractivity contribution >= 4 is 18.1 Å². The summed E-state index contributed by atoms with van der Waals surface area (Å²) in [4.78, 5) is 23.0. The van der Waals surface area contributed by atoms with Crippen molar-refractivity contribution < 1.29 is 23.5 Å². The molecule has 0 atom stereocenters. The number of hydrazone groups is 1. The van der Waals surface area contributed by atoms with Crippen molar-refractivity contribution in [3.8, 4) is 11.3 Å². The number of rotatable bonds is 5. The number of carboxylic acid groups (broad SMARTS) is 1. The van der Waals surface area contributed by atoms with Crippen LogP contribution in [0, 0.1) is 6.92 Å². The fourth-order valence-electron chi connectivity index (χ4n) is 2.22. The van der Waals surface area contributed by atoms with Gasteiger partial charge in [0.1, 0.15) is 17.3 Å². The van der Waals surface area contributed by atoms with Gasteiger partial charge < -0.3 is 13.9 Å². The lowest BCUT2D eigenvalue weighted by Gasteiger charge is -2.01. The number of aryl methyl sites for hydroxylation is 1. The van der Waals surface area contributed by atoms with E-state index in [2.05, 4.69) is 10.5 Å². The second-order valence-corrected chi connectivity index (χ2v) is 5.16. The van der Waals surface area contributed by atoms with Crippen molar-refractivity contribution in [3.05, 3.63) is 71.4 Å². The molecule has 2 N–H and O–H groups in total. The van der Waals surface area contributed by atoms with Crippen LogP contribution in [-0.4, -0.2) is 23.2 Å². The van der Waals surface area contributed by atoms with E-state index in [1.165, 1.54) is 12.3 Å². The van der Waals surface area contributed by atoms with Crippen LogP contribution in [0.3, 0.4) is 0 Å². The lowest BCUT2D eigenvalue weighted by Crippen LogP contribution is -2.16. The minimum Gasteiger partial charge on any atom is -0.478 e. The fourth-order valence-corrected chi connectivity index (χ4v) is 2.22. The van der Waals surface area contributed by atoms with Crippen LogP contribution in [0.15, 0.2) is 62.5 Å². The zero-order valence-electron chi connectivity index (χ0n) is 13.2. The molecule has 1 amide bonds. The van der Waals surface area contributed by atoms with Gasteiger partial charge in [0.15, 0.2) is 5.76 Å². The van der Waals surface area contributed by atoms with E-state index >= 15 is 0 Å². The van der Waals surface area contributed by atoms with Crippen molar-refractivity contribution in [1.82, 2.24) is 5.43 Å². The van der Waals surface area contributed by atoms with Crippen molar-refractivity contribution in [3.63, 3.8) is 0 Å².